The Morgan fingerprint density at radius 2 is 1.68 bits per heavy atom. The molecule has 0 spiro atoms. The Kier molecular flexibility index (Phi) is 5.85. The van der Waals surface area contributed by atoms with Crippen LogP contribution in [0.3, 0.4) is 0 Å². The van der Waals surface area contributed by atoms with E-state index in [9.17, 15) is 22.1 Å². The van der Waals surface area contributed by atoms with Crippen LogP contribution in [0.4, 0.5) is 17.3 Å². The third-order valence-electron chi connectivity index (χ3n) is 2.49. The molecule has 0 atom stereocenters. The maximum absolute atomic E-state index is 12.6. The summed E-state index contributed by atoms with van der Waals surface area (Å²) >= 11 is 0. The standard InChI is InChI=1S/C12H14BF4O2/c14-11-6-4-10(5-7-11)12(18)19-9-3-1-2-8-13(15,16)17/h4-7H,1-3,8-9H2/q-1. The maximum Gasteiger partial charge on any atom is 0.478 e. The highest BCUT2D eigenvalue weighted by Crippen LogP contribution is 2.18. The first kappa shape index (κ1) is 15.5. The summed E-state index contributed by atoms with van der Waals surface area (Å²) in [5.74, 6) is -1.05. The predicted octanol–water partition coefficient (Wildman–Crippen LogP) is 4.00. The summed E-state index contributed by atoms with van der Waals surface area (Å²) in [5.41, 5.74) is 0.222. The Hall–Kier alpha value is -1.53. The molecule has 1 rings (SSSR count). The number of ether oxygens (including phenoxy) is 1. The molecule has 1 aromatic rings. The normalized spacial score (nSPS) is 11.4. The number of esters is 1. The van der Waals surface area contributed by atoms with E-state index in [1.165, 1.54) is 12.1 Å². The van der Waals surface area contributed by atoms with Gasteiger partial charge in [-0.3, -0.25) is 0 Å². The number of halogens is 4. The molecule has 0 N–H and O–H groups in total. The zero-order valence-corrected chi connectivity index (χ0v) is 10.3. The van der Waals surface area contributed by atoms with Crippen molar-refractivity contribution in [3.05, 3.63) is 35.6 Å². The molecule has 19 heavy (non-hydrogen) atoms. The molecule has 0 saturated carbocycles. The molecule has 0 bridgehead atoms. The van der Waals surface area contributed by atoms with Crippen LogP contribution >= 0.6 is 0 Å². The van der Waals surface area contributed by atoms with Crippen molar-refractivity contribution < 1.29 is 26.9 Å². The zero-order chi connectivity index (χ0) is 14.3. The van der Waals surface area contributed by atoms with Crippen molar-refractivity contribution in [3.63, 3.8) is 0 Å². The summed E-state index contributed by atoms with van der Waals surface area (Å²) in [6.07, 6.45) is 0.0422. The average Bonchev–Trinajstić information content (AvgIpc) is 2.33. The van der Waals surface area contributed by atoms with Crippen molar-refractivity contribution in [1.29, 1.82) is 0 Å². The molecular weight excluding hydrogens is 263 g/mol. The highest BCUT2D eigenvalue weighted by Gasteiger charge is 2.21. The molecule has 0 aliphatic rings. The van der Waals surface area contributed by atoms with Crippen molar-refractivity contribution in [1.82, 2.24) is 0 Å². The van der Waals surface area contributed by atoms with Gasteiger partial charge in [0.1, 0.15) is 5.82 Å². The highest BCUT2D eigenvalue weighted by atomic mass is 19.4. The van der Waals surface area contributed by atoms with E-state index in [1.807, 2.05) is 0 Å². The highest BCUT2D eigenvalue weighted by molar-refractivity contribution is 6.58. The van der Waals surface area contributed by atoms with Gasteiger partial charge < -0.3 is 17.7 Å². The van der Waals surface area contributed by atoms with Crippen molar-refractivity contribution in [2.45, 2.75) is 25.6 Å². The van der Waals surface area contributed by atoms with Crippen LogP contribution in [0.1, 0.15) is 29.6 Å². The minimum absolute atomic E-state index is 0.0532. The Labute approximate surface area is 108 Å². The first-order valence-corrected chi connectivity index (χ1v) is 6.02. The number of benzene rings is 1. The molecule has 2 nitrogen and oxygen atoms in total. The topological polar surface area (TPSA) is 26.3 Å². The van der Waals surface area contributed by atoms with E-state index in [0.717, 1.165) is 12.1 Å². The van der Waals surface area contributed by atoms with Crippen LogP contribution in [0.2, 0.25) is 6.32 Å². The zero-order valence-electron chi connectivity index (χ0n) is 10.3. The number of rotatable bonds is 7. The van der Waals surface area contributed by atoms with Crippen LogP contribution in [0.25, 0.3) is 0 Å². The van der Waals surface area contributed by atoms with Gasteiger partial charge in [0.2, 0.25) is 0 Å². The van der Waals surface area contributed by atoms with Gasteiger partial charge in [-0.05, 0) is 30.7 Å². The van der Waals surface area contributed by atoms with Gasteiger partial charge >= 0.3 is 12.9 Å². The van der Waals surface area contributed by atoms with Gasteiger partial charge in [0.15, 0.2) is 0 Å². The summed E-state index contributed by atoms with van der Waals surface area (Å²) in [4.78, 5) is 11.4. The number of carbonyl (C=O) groups is 1. The van der Waals surface area contributed by atoms with Crippen LogP contribution in [-0.4, -0.2) is 19.6 Å². The lowest BCUT2D eigenvalue weighted by molar-refractivity contribution is 0.0498. The van der Waals surface area contributed by atoms with E-state index in [0.29, 0.717) is 12.8 Å². The molecule has 0 aliphatic heterocycles. The quantitative estimate of drug-likeness (QED) is 0.326. The maximum atomic E-state index is 12.6. The molecule has 0 fully saturated rings. The van der Waals surface area contributed by atoms with Crippen molar-refractivity contribution in [2.24, 2.45) is 0 Å². The number of carbonyl (C=O) groups excluding carboxylic acids is 1. The van der Waals surface area contributed by atoms with Gasteiger partial charge in [-0.1, -0.05) is 19.2 Å². The molecule has 106 valence electrons. The van der Waals surface area contributed by atoms with Crippen LogP contribution < -0.4 is 0 Å². The summed E-state index contributed by atoms with van der Waals surface area (Å²) in [6, 6.07) is 4.87. The molecule has 0 unspecified atom stereocenters. The molecule has 0 radical (unpaired) electrons. The lowest BCUT2D eigenvalue weighted by Crippen LogP contribution is -2.13. The molecule has 0 aromatic heterocycles. The van der Waals surface area contributed by atoms with Crippen LogP contribution in [0.5, 0.6) is 0 Å². The second-order valence-electron chi connectivity index (χ2n) is 4.20. The Morgan fingerprint density at radius 3 is 2.26 bits per heavy atom. The van der Waals surface area contributed by atoms with Gasteiger partial charge in [0.05, 0.1) is 12.2 Å². The Bertz CT molecular complexity index is 403. The van der Waals surface area contributed by atoms with Crippen molar-refractivity contribution in [3.8, 4) is 0 Å². The molecule has 0 amide bonds. The summed E-state index contributed by atoms with van der Waals surface area (Å²) < 4.78 is 53.1. The first-order valence-electron chi connectivity index (χ1n) is 6.02. The van der Waals surface area contributed by atoms with E-state index < -0.39 is 25.1 Å². The number of hydrogen-bond donors (Lipinski definition) is 0. The third-order valence-corrected chi connectivity index (χ3v) is 2.49. The fourth-order valence-corrected chi connectivity index (χ4v) is 1.49. The molecule has 0 heterocycles. The second-order valence-corrected chi connectivity index (χ2v) is 4.20. The summed E-state index contributed by atoms with van der Waals surface area (Å²) in [6.45, 7) is -4.65. The lowest BCUT2D eigenvalue weighted by Gasteiger charge is -2.12. The monoisotopic (exact) mass is 277 g/mol. The number of unbranched alkanes of at least 4 members (excludes halogenated alkanes) is 2. The first-order chi connectivity index (χ1) is 8.88. The third kappa shape index (κ3) is 6.83. The Balaban J connectivity index is 2.16. The summed E-state index contributed by atoms with van der Waals surface area (Å²) in [5, 5.41) is 0. The van der Waals surface area contributed by atoms with Crippen molar-refractivity contribution in [2.75, 3.05) is 6.61 Å². The summed E-state index contributed by atoms with van der Waals surface area (Å²) in [7, 11) is 0. The van der Waals surface area contributed by atoms with Gasteiger partial charge in [0, 0.05) is 0 Å². The minimum Gasteiger partial charge on any atom is -0.462 e. The van der Waals surface area contributed by atoms with Crippen LogP contribution in [0.15, 0.2) is 24.3 Å². The van der Waals surface area contributed by atoms with E-state index in [2.05, 4.69) is 0 Å². The lowest BCUT2D eigenvalue weighted by atomic mass is 9.83. The molecule has 7 heteroatoms. The van der Waals surface area contributed by atoms with E-state index in [-0.39, 0.29) is 18.6 Å². The Morgan fingerprint density at radius 1 is 1.05 bits per heavy atom. The van der Waals surface area contributed by atoms with E-state index in [1.54, 1.807) is 0 Å². The van der Waals surface area contributed by atoms with E-state index >= 15 is 0 Å². The van der Waals surface area contributed by atoms with Gasteiger partial charge in [0.25, 0.3) is 0 Å². The molecule has 0 saturated heterocycles. The van der Waals surface area contributed by atoms with Crippen LogP contribution in [0, 0.1) is 5.82 Å². The van der Waals surface area contributed by atoms with Crippen LogP contribution in [-0.2, 0) is 4.74 Å². The minimum atomic E-state index is -4.72. The smallest absolute Gasteiger partial charge is 0.462 e. The van der Waals surface area contributed by atoms with Gasteiger partial charge in [-0.15, -0.1) is 0 Å². The SMILES string of the molecule is O=C(OCCCCC[B-](F)(F)F)c1ccc(F)cc1. The fourth-order valence-electron chi connectivity index (χ4n) is 1.49. The molecule has 0 aliphatic carbocycles. The van der Waals surface area contributed by atoms with E-state index in [4.69, 9.17) is 4.74 Å². The second kappa shape index (κ2) is 7.16. The largest absolute Gasteiger partial charge is 0.478 e. The molecular formula is C12H14BF4O2-. The fraction of sp³-hybridized carbons (Fsp3) is 0.417. The predicted molar refractivity (Wildman–Crippen MR) is 64.4 cm³/mol. The average molecular weight is 277 g/mol. The van der Waals surface area contributed by atoms with Crippen molar-refractivity contribution >= 4 is 12.9 Å². The number of hydrogen-bond acceptors (Lipinski definition) is 2. The molecule has 1 aromatic carbocycles. The van der Waals surface area contributed by atoms with Gasteiger partial charge in [-0.25, -0.2) is 9.18 Å². The van der Waals surface area contributed by atoms with Gasteiger partial charge in [-0.2, -0.15) is 0 Å².